The van der Waals surface area contributed by atoms with E-state index < -0.39 is 0 Å². The minimum Gasteiger partial charge on any atom is -0.337 e. The lowest BCUT2D eigenvalue weighted by Crippen LogP contribution is -1.99. The summed E-state index contributed by atoms with van der Waals surface area (Å²) in [6, 6.07) is 0. The van der Waals surface area contributed by atoms with Crippen LogP contribution >= 0.6 is 23.6 Å². The summed E-state index contributed by atoms with van der Waals surface area (Å²) in [5.41, 5.74) is 1.10. The average molecular weight is 225 g/mol. The van der Waals surface area contributed by atoms with Gasteiger partial charge in [0.05, 0.1) is 5.01 Å². The molecule has 0 atom stereocenters. The van der Waals surface area contributed by atoms with Crippen molar-refractivity contribution in [3.8, 4) is 0 Å². The first kappa shape index (κ1) is 9.61. The van der Waals surface area contributed by atoms with Crippen LogP contribution in [0.5, 0.6) is 0 Å². The molecular weight excluding hydrogens is 214 g/mol. The smallest absolute Gasteiger partial charge is 0.177 e. The van der Waals surface area contributed by atoms with Crippen molar-refractivity contribution >= 4 is 23.6 Å². The molecule has 0 radical (unpaired) electrons. The number of nitrogens with one attached hydrogen (secondary N) is 1. The van der Waals surface area contributed by atoms with Crippen molar-refractivity contribution in [3.63, 3.8) is 0 Å². The Kier molecular flexibility index (Phi) is 2.79. The van der Waals surface area contributed by atoms with Crippen LogP contribution in [-0.2, 0) is 13.0 Å². The molecule has 5 heteroatoms. The second-order valence-electron chi connectivity index (χ2n) is 3.09. The number of H-pyrrole nitrogens is 1. The van der Waals surface area contributed by atoms with Gasteiger partial charge in [-0.25, -0.2) is 4.98 Å². The molecule has 0 aliphatic rings. The van der Waals surface area contributed by atoms with E-state index in [4.69, 9.17) is 12.2 Å². The Morgan fingerprint density at radius 2 is 2.50 bits per heavy atom. The molecule has 2 aromatic heterocycles. The van der Waals surface area contributed by atoms with Crippen LogP contribution in [0.4, 0.5) is 0 Å². The van der Waals surface area contributed by atoms with Gasteiger partial charge in [-0.2, -0.15) is 0 Å². The lowest BCUT2D eigenvalue weighted by Gasteiger charge is -1.98. The molecular formula is C9H11N3S2. The molecule has 0 aromatic carbocycles. The third-order valence-corrected chi connectivity index (χ3v) is 3.33. The van der Waals surface area contributed by atoms with Gasteiger partial charge < -0.3 is 9.55 Å². The number of hydrogen-bond acceptors (Lipinski definition) is 3. The fourth-order valence-electron chi connectivity index (χ4n) is 1.26. The number of aryl methyl sites for hydroxylation is 3. The summed E-state index contributed by atoms with van der Waals surface area (Å²) in [6.07, 6.45) is 4.77. The van der Waals surface area contributed by atoms with Gasteiger partial charge in [-0.3, -0.25) is 0 Å². The maximum Gasteiger partial charge on any atom is 0.177 e. The van der Waals surface area contributed by atoms with Crippen molar-refractivity contribution in [3.05, 3.63) is 33.2 Å². The van der Waals surface area contributed by atoms with Crippen LogP contribution in [0.1, 0.15) is 10.7 Å². The summed E-state index contributed by atoms with van der Waals surface area (Å²) in [5.74, 6) is 0. The van der Waals surface area contributed by atoms with Gasteiger partial charge in [0.2, 0.25) is 0 Å². The van der Waals surface area contributed by atoms with Crippen LogP contribution in [0.25, 0.3) is 0 Å². The predicted molar refractivity (Wildman–Crippen MR) is 60.2 cm³/mol. The summed E-state index contributed by atoms with van der Waals surface area (Å²) in [4.78, 5) is 7.37. The summed E-state index contributed by atoms with van der Waals surface area (Å²) < 4.78 is 2.80. The molecule has 0 fully saturated rings. The van der Waals surface area contributed by atoms with Crippen LogP contribution in [0.3, 0.4) is 0 Å². The minimum atomic E-state index is 0.776. The number of rotatable bonds is 3. The highest BCUT2D eigenvalue weighted by molar-refractivity contribution is 7.71. The van der Waals surface area contributed by atoms with Crippen molar-refractivity contribution in [2.45, 2.75) is 19.9 Å². The van der Waals surface area contributed by atoms with E-state index in [1.165, 1.54) is 5.01 Å². The lowest BCUT2D eigenvalue weighted by atomic mass is 10.4. The number of imidazole rings is 1. The largest absolute Gasteiger partial charge is 0.337 e. The standard InChI is InChI=1S/C9H11N3S2/c1-7-6-14-8(11-7)2-4-12-5-3-10-9(12)13/h3,5-6H,2,4H2,1H3,(H,10,13). The van der Waals surface area contributed by atoms with E-state index in [2.05, 4.69) is 15.3 Å². The average Bonchev–Trinajstić information content (AvgIpc) is 2.72. The van der Waals surface area contributed by atoms with Crippen molar-refractivity contribution < 1.29 is 0 Å². The predicted octanol–water partition coefficient (Wildman–Crippen LogP) is 2.55. The van der Waals surface area contributed by atoms with Gasteiger partial charge in [0.1, 0.15) is 0 Å². The highest BCUT2D eigenvalue weighted by atomic mass is 32.1. The first-order valence-electron chi connectivity index (χ1n) is 4.40. The monoisotopic (exact) mass is 225 g/mol. The Labute approximate surface area is 91.4 Å². The third-order valence-electron chi connectivity index (χ3n) is 1.96. The van der Waals surface area contributed by atoms with Crippen LogP contribution in [0, 0.1) is 11.7 Å². The molecule has 0 aliphatic carbocycles. The molecule has 0 amide bonds. The molecule has 14 heavy (non-hydrogen) atoms. The van der Waals surface area contributed by atoms with Crippen molar-refractivity contribution in [2.75, 3.05) is 0 Å². The van der Waals surface area contributed by atoms with E-state index in [1.54, 1.807) is 11.3 Å². The van der Waals surface area contributed by atoms with Crippen molar-refractivity contribution in [2.24, 2.45) is 0 Å². The van der Waals surface area contributed by atoms with E-state index in [-0.39, 0.29) is 0 Å². The molecule has 74 valence electrons. The fraction of sp³-hybridized carbons (Fsp3) is 0.333. The molecule has 2 heterocycles. The van der Waals surface area contributed by atoms with E-state index >= 15 is 0 Å². The van der Waals surface area contributed by atoms with E-state index in [9.17, 15) is 0 Å². The number of thiazole rings is 1. The fourth-order valence-corrected chi connectivity index (χ4v) is 2.24. The maximum atomic E-state index is 5.10. The second-order valence-corrected chi connectivity index (χ2v) is 4.42. The van der Waals surface area contributed by atoms with Gasteiger partial charge in [-0.1, -0.05) is 0 Å². The Morgan fingerprint density at radius 1 is 1.64 bits per heavy atom. The Morgan fingerprint density at radius 3 is 3.07 bits per heavy atom. The topological polar surface area (TPSA) is 33.6 Å². The van der Waals surface area contributed by atoms with Gasteiger partial charge >= 0.3 is 0 Å². The molecule has 0 spiro atoms. The van der Waals surface area contributed by atoms with E-state index in [0.29, 0.717) is 0 Å². The molecule has 2 aromatic rings. The molecule has 0 aliphatic heterocycles. The summed E-state index contributed by atoms with van der Waals surface area (Å²) >= 11 is 6.80. The Bertz CT molecular complexity index is 466. The van der Waals surface area contributed by atoms with Gasteiger partial charge in [0.15, 0.2) is 4.77 Å². The third kappa shape index (κ3) is 2.10. The van der Waals surface area contributed by atoms with Gasteiger partial charge in [0, 0.05) is 36.4 Å². The van der Waals surface area contributed by atoms with Crippen molar-refractivity contribution in [1.82, 2.24) is 14.5 Å². The Hall–Kier alpha value is -0.940. The summed E-state index contributed by atoms with van der Waals surface area (Å²) in [7, 11) is 0. The molecule has 0 saturated heterocycles. The van der Waals surface area contributed by atoms with Gasteiger partial charge in [-0.15, -0.1) is 11.3 Å². The van der Waals surface area contributed by atoms with Gasteiger partial charge in [0.25, 0.3) is 0 Å². The highest BCUT2D eigenvalue weighted by Crippen LogP contribution is 2.10. The minimum absolute atomic E-state index is 0.776. The number of hydrogen-bond donors (Lipinski definition) is 1. The molecule has 0 bridgehead atoms. The van der Waals surface area contributed by atoms with Crippen LogP contribution in [0.2, 0.25) is 0 Å². The SMILES string of the molecule is Cc1csc(CCn2cc[nH]c2=S)n1. The first-order valence-corrected chi connectivity index (χ1v) is 5.69. The highest BCUT2D eigenvalue weighted by Gasteiger charge is 1.99. The van der Waals surface area contributed by atoms with Crippen molar-refractivity contribution in [1.29, 1.82) is 0 Å². The number of aromatic amines is 1. The molecule has 3 nitrogen and oxygen atoms in total. The molecule has 1 N–H and O–H groups in total. The number of nitrogens with zero attached hydrogens (tertiary/aromatic N) is 2. The van der Waals surface area contributed by atoms with E-state index in [0.717, 1.165) is 23.4 Å². The Balaban J connectivity index is 2.01. The summed E-state index contributed by atoms with van der Waals surface area (Å²) in [6.45, 7) is 2.91. The molecule has 2 rings (SSSR count). The quantitative estimate of drug-likeness (QED) is 0.814. The van der Waals surface area contributed by atoms with E-state index in [1.807, 2.05) is 23.9 Å². The van der Waals surface area contributed by atoms with Crippen LogP contribution in [-0.4, -0.2) is 14.5 Å². The lowest BCUT2D eigenvalue weighted by molar-refractivity contribution is 0.683. The second kappa shape index (κ2) is 4.06. The summed E-state index contributed by atoms with van der Waals surface area (Å²) in [5, 5.41) is 3.25. The molecule has 0 unspecified atom stereocenters. The van der Waals surface area contributed by atoms with Gasteiger partial charge in [-0.05, 0) is 19.1 Å². The van der Waals surface area contributed by atoms with Crippen LogP contribution in [0.15, 0.2) is 17.8 Å². The normalized spacial score (nSPS) is 10.6. The zero-order chi connectivity index (χ0) is 9.97. The number of aromatic nitrogens is 3. The first-order chi connectivity index (χ1) is 6.75. The zero-order valence-corrected chi connectivity index (χ0v) is 9.49. The van der Waals surface area contributed by atoms with Crippen LogP contribution < -0.4 is 0 Å². The maximum absolute atomic E-state index is 5.10. The molecule has 0 saturated carbocycles. The zero-order valence-electron chi connectivity index (χ0n) is 7.86.